The molecule has 2 amide bonds. The van der Waals surface area contributed by atoms with E-state index in [0.29, 0.717) is 0 Å². The number of nitrogens with one attached hydrogen (secondary N) is 1. The summed E-state index contributed by atoms with van der Waals surface area (Å²) in [4.78, 5) is 27.7. The van der Waals surface area contributed by atoms with Crippen molar-refractivity contribution in [2.24, 2.45) is 0 Å². The van der Waals surface area contributed by atoms with Gasteiger partial charge in [-0.2, -0.15) is 0 Å². The second-order valence-electron chi connectivity index (χ2n) is 8.85. The Hall–Kier alpha value is -3.14. The molecule has 38 heavy (non-hydrogen) atoms. The first-order valence-electron chi connectivity index (χ1n) is 11.8. The number of amides is 2. The van der Waals surface area contributed by atoms with Crippen LogP contribution in [0.5, 0.6) is 0 Å². The standard InChI is InChI=1S/C27H28Cl2FN3O4S/c1-18(2)31-27(35)19(3)32(16-20-10-7-8-14-23(20)30)25(34)17-33(24-15-9-13-22(28)26(24)29)38(36,37)21-11-5-4-6-12-21/h4-15,18-19H,16-17H2,1-3H3,(H,31,35)/t19-/m0/s1. The SMILES string of the molecule is CC(C)NC(=O)[C@H](C)N(Cc1ccccc1F)C(=O)CN(c1cccc(Cl)c1Cl)S(=O)(=O)c1ccccc1. The Bertz CT molecular complexity index is 1400. The van der Waals surface area contributed by atoms with E-state index in [1.807, 2.05) is 0 Å². The maximum atomic E-state index is 14.5. The quantitative estimate of drug-likeness (QED) is 0.354. The lowest BCUT2D eigenvalue weighted by Crippen LogP contribution is -2.52. The molecule has 0 saturated carbocycles. The van der Waals surface area contributed by atoms with Gasteiger partial charge in [0.25, 0.3) is 10.0 Å². The van der Waals surface area contributed by atoms with Crippen LogP contribution in [0.4, 0.5) is 10.1 Å². The van der Waals surface area contributed by atoms with Gasteiger partial charge in [0.1, 0.15) is 18.4 Å². The summed E-state index contributed by atoms with van der Waals surface area (Å²) >= 11 is 12.6. The fraction of sp³-hybridized carbons (Fsp3) is 0.259. The molecule has 0 radical (unpaired) electrons. The molecule has 0 fully saturated rings. The molecule has 3 aromatic carbocycles. The smallest absolute Gasteiger partial charge is 0.264 e. The largest absolute Gasteiger partial charge is 0.352 e. The van der Waals surface area contributed by atoms with Crippen LogP contribution in [-0.4, -0.2) is 43.8 Å². The Labute approximate surface area is 232 Å². The molecule has 1 N–H and O–H groups in total. The van der Waals surface area contributed by atoms with Crippen molar-refractivity contribution in [3.63, 3.8) is 0 Å². The van der Waals surface area contributed by atoms with E-state index in [0.717, 1.165) is 9.21 Å². The van der Waals surface area contributed by atoms with Gasteiger partial charge in [0.2, 0.25) is 11.8 Å². The van der Waals surface area contributed by atoms with Crippen molar-refractivity contribution < 1.29 is 22.4 Å². The van der Waals surface area contributed by atoms with Crippen molar-refractivity contribution in [3.8, 4) is 0 Å². The number of sulfonamides is 1. The summed E-state index contributed by atoms with van der Waals surface area (Å²) in [5.74, 6) is -1.77. The summed E-state index contributed by atoms with van der Waals surface area (Å²) < 4.78 is 42.9. The predicted molar refractivity (Wildman–Crippen MR) is 147 cm³/mol. The topological polar surface area (TPSA) is 86.8 Å². The Morgan fingerprint density at radius 3 is 2.18 bits per heavy atom. The molecular weight excluding hydrogens is 552 g/mol. The highest BCUT2D eigenvalue weighted by molar-refractivity contribution is 7.92. The van der Waals surface area contributed by atoms with Gasteiger partial charge in [0.15, 0.2) is 0 Å². The zero-order valence-corrected chi connectivity index (χ0v) is 23.4. The van der Waals surface area contributed by atoms with Crippen LogP contribution in [0.1, 0.15) is 26.3 Å². The molecule has 0 heterocycles. The molecule has 0 bridgehead atoms. The van der Waals surface area contributed by atoms with E-state index in [4.69, 9.17) is 23.2 Å². The van der Waals surface area contributed by atoms with Gasteiger partial charge in [-0.3, -0.25) is 13.9 Å². The third-order valence-corrected chi connectivity index (χ3v) is 8.29. The Balaban J connectivity index is 2.08. The van der Waals surface area contributed by atoms with Crippen LogP contribution in [0.15, 0.2) is 77.7 Å². The van der Waals surface area contributed by atoms with Crippen LogP contribution >= 0.6 is 23.2 Å². The second kappa shape index (κ2) is 12.6. The highest BCUT2D eigenvalue weighted by Gasteiger charge is 2.34. The maximum Gasteiger partial charge on any atom is 0.264 e. The zero-order chi connectivity index (χ0) is 28.0. The molecule has 0 unspecified atom stereocenters. The predicted octanol–water partition coefficient (Wildman–Crippen LogP) is 5.27. The van der Waals surface area contributed by atoms with E-state index in [9.17, 15) is 22.4 Å². The average Bonchev–Trinajstić information content (AvgIpc) is 2.88. The molecule has 7 nitrogen and oxygen atoms in total. The number of hydrogen-bond acceptors (Lipinski definition) is 4. The van der Waals surface area contributed by atoms with Gasteiger partial charge < -0.3 is 10.2 Å². The molecule has 0 aliphatic rings. The fourth-order valence-electron chi connectivity index (χ4n) is 3.72. The fourth-order valence-corrected chi connectivity index (χ4v) is 5.61. The van der Waals surface area contributed by atoms with Crippen LogP contribution in [0.25, 0.3) is 0 Å². The average molecular weight is 581 g/mol. The number of nitrogens with zero attached hydrogens (tertiary/aromatic N) is 2. The number of halogens is 3. The number of anilines is 1. The van der Waals surface area contributed by atoms with E-state index >= 15 is 0 Å². The number of rotatable bonds is 10. The van der Waals surface area contributed by atoms with E-state index in [1.54, 1.807) is 38.1 Å². The first-order chi connectivity index (χ1) is 17.9. The lowest BCUT2D eigenvalue weighted by molar-refractivity contribution is -0.139. The van der Waals surface area contributed by atoms with Gasteiger partial charge in [0, 0.05) is 18.2 Å². The molecule has 202 valence electrons. The molecule has 0 saturated heterocycles. The minimum absolute atomic E-state index is 0.0125. The number of carbonyl (C=O) groups is 2. The monoisotopic (exact) mass is 579 g/mol. The van der Waals surface area contributed by atoms with Crippen LogP contribution in [0, 0.1) is 5.82 Å². The number of hydrogen-bond donors (Lipinski definition) is 1. The van der Waals surface area contributed by atoms with Gasteiger partial charge >= 0.3 is 0 Å². The van der Waals surface area contributed by atoms with Crippen LogP contribution < -0.4 is 9.62 Å². The van der Waals surface area contributed by atoms with Crippen LogP contribution in [-0.2, 0) is 26.2 Å². The lowest BCUT2D eigenvalue weighted by atomic mass is 10.1. The molecule has 1 atom stereocenters. The third-order valence-electron chi connectivity index (χ3n) is 5.71. The third kappa shape index (κ3) is 6.83. The van der Waals surface area contributed by atoms with Crippen molar-refractivity contribution >= 4 is 50.7 Å². The van der Waals surface area contributed by atoms with Crippen molar-refractivity contribution in [2.45, 2.75) is 44.3 Å². The summed E-state index contributed by atoms with van der Waals surface area (Å²) in [7, 11) is -4.30. The van der Waals surface area contributed by atoms with Crippen molar-refractivity contribution in [1.82, 2.24) is 10.2 Å². The zero-order valence-electron chi connectivity index (χ0n) is 21.1. The summed E-state index contributed by atoms with van der Waals surface area (Å²) in [5.41, 5.74) is 0.157. The van der Waals surface area contributed by atoms with Gasteiger partial charge in [-0.15, -0.1) is 0 Å². The van der Waals surface area contributed by atoms with Gasteiger partial charge in [-0.25, -0.2) is 12.8 Å². The van der Waals surface area contributed by atoms with Crippen LogP contribution in [0.3, 0.4) is 0 Å². The van der Waals surface area contributed by atoms with Gasteiger partial charge in [0.05, 0.1) is 20.6 Å². The van der Waals surface area contributed by atoms with Crippen LogP contribution in [0.2, 0.25) is 10.0 Å². The minimum atomic E-state index is -4.30. The second-order valence-corrected chi connectivity index (χ2v) is 11.5. The highest BCUT2D eigenvalue weighted by atomic mass is 35.5. The van der Waals surface area contributed by atoms with E-state index in [1.165, 1.54) is 55.5 Å². The van der Waals surface area contributed by atoms with Crippen molar-refractivity contribution in [1.29, 1.82) is 0 Å². The molecular formula is C27H28Cl2FN3O4S. The molecule has 3 rings (SSSR count). The Morgan fingerprint density at radius 1 is 0.921 bits per heavy atom. The summed E-state index contributed by atoms with van der Waals surface area (Å²) in [5, 5.41) is 2.77. The molecule has 0 aromatic heterocycles. The first kappa shape index (κ1) is 29.4. The van der Waals surface area contributed by atoms with Gasteiger partial charge in [-0.05, 0) is 51.1 Å². The lowest BCUT2D eigenvalue weighted by Gasteiger charge is -2.32. The first-order valence-corrected chi connectivity index (χ1v) is 14.0. The summed E-state index contributed by atoms with van der Waals surface area (Å²) in [6.07, 6.45) is 0. The van der Waals surface area contributed by atoms with E-state index < -0.39 is 40.2 Å². The number of carbonyl (C=O) groups excluding carboxylic acids is 2. The Kier molecular flexibility index (Phi) is 9.76. The molecule has 0 aliphatic heterocycles. The molecule has 0 aliphatic carbocycles. The molecule has 0 spiro atoms. The number of benzene rings is 3. The van der Waals surface area contributed by atoms with Gasteiger partial charge in [-0.1, -0.05) is 65.7 Å². The van der Waals surface area contributed by atoms with Crippen molar-refractivity contribution in [2.75, 3.05) is 10.8 Å². The highest BCUT2D eigenvalue weighted by Crippen LogP contribution is 2.35. The summed E-state index contributed by atoms with van der Waals surface area (Å²) in [6, 6.07) is 16.6. The minimum Gasteiger partial charge on any atom is -0.352 e. The molecule has 11 heteroatoms. The Morgan fingerprint density at radius 2 is 1.55 bits per heavy atom. The molecule has 3 aromatic rings. The maximum absolute atomic E-state index is 14.5. The van der Waals surface area contributed by atoms with E-state index in [-0.39, 0.29) is 38.8 Å². The summed E-state index contributed by atoms with van der Waals surface area (Å²) in [6.45, 7) is 4.05. The van der Waals surface area contributed by atoms with Crippen molar-refractivity contribution in [3.05, 3.63) is 94.2 Å². The van der Waals surface area contributed by atoms with E-state index in [2.05, 4.69) is 5.32 Å². The normalized spacial score (nSPS) is 12.2.